The van der Waals surface area contributed by atoms with Crippen molar-refractivity contribution in [1.29, 1.82) is 5.26 Å². The molecule has 1 fully saturated rings. The van der Waals surface area contributed by atoms with E-state index in [0.717, 1.165) is 37.2 Å². The Bertz CT molecular complexity index is 513. The number of hydrogen-bond donors (Lipinski definition) is 1. The second-order valence-corrected chi connectivity index (χ2v) is 5.01. The van der Waals surface area contributed by atoms with Crippen molar-refractivity contribution in [2.45, 2.75) is 32.7 Å². The third-order valence-electron chi connectivity index (χ3n) is 3.54. The van der Waals surface area contributed by atoms with Crippen LogP contribution in [0.15, 0.2) is 18.2 Å². The molecule has 0 radical (unpaired) electrons. The Morgan fingerprint density at radius 3 is 2.74 bits per heavy atom. The summed E-state index contributed by atoms with van der Waals surface area (Å²) >= 11 is 0. The van der Waals surface area contributed by atoms with Crippen LogP contribution in [0.1, 0.15) is 30.9 Å². The van der Waals surface area contributed by atoms with Crippen molar-refractivity contribution in [3.8, 4) is 6.07 Å². The predicted molar refractivity (Wildman–Crippen MR) is 74.8 cm³/mol. The van der Waals surface area contributed by atoms with E-state index in [-0.39, 0.29) is 11.9 Å². The first-order valence-corrected chi connectivity index (χ1v) is 6.68. The van der Waals surface area contributed by atoms with Gasteiger partial charge in [-0.1, -0.05) is 12.1 Å². The predicted octanol–water partition coefficient (Wildman–Crippen LogP) is 2.29. The number of nitrogens with one attached hydrogen (secondary N) is 1. The summed E-state index contributed by atoms with van der Waals surface area (Å²) < 4.78 is 0. The van der Waals surface area contributed by atoms with E-state index >= 15 is 0 Å². The monoisotopic (exact) mass is 257 g/mol. The molecule has 1 heterocycles. The molecule has 0 spiro atoms. The molecule has 1 aromatic rings. The van der Waals surface area contributed by atoms with Crippen LogP contribution in [-0.4, -0.2) is 29.9 Å². The number of hydrogen-bond acceptors (Lipinski definition) is 3. The molecule has 100 valence electrons. The highest BCUT2D eigenvalue weighted by Crippen LogP contribution is 2.20. The maximum Gasteiger partial charge on any atom is 0.244 e. The van der Waals surface area contributed by atoms with Crippen LogP contribution in [0.2, 0.25) is 0 Å². The minimum absolute atomic E-state index is 0.114. The average Bonchev–Trinajstić information content (AvgIpc) is 2.92. The van der Waals surface area contributed by atoms with Crippen LogP contribution in [-0.2, 0) is 4.79 Å². The van der Waals surface area contributed by atoms with Crippen LogP contribution >= 0.6 is 0 Å². The van der Waals surface area contributed by atoms with Gasteiger partial charge in [-0.05, 0) is 38.3 Å². The summed E-state index contributed by atoms with van der Waals surface area (Å²) in [5, 5.41) is 12.3. The zero-order valence-corrected chi connectivity index (χ0v) is 11.4. The fraction of sp³-hybridized carbons (Fsp3) is 0.467. The molecule has 0 aromatic heterocycles. The van der Waals surface area contributed by atoms with Gasteiger partial charge in [-0.25, -0.2) is 0 Å². The Labute approximate surface area is 114 Å². The SMILES string of the molecule is Cc1cccc(NC(C)C(=O)N2CCCC2)c1C#N. The summed E-state index contributed by atoms with van der Waals surface area (Å²) in [5.74, 6) is 0.114. The highest BCUT2D eigenvalue weighted by atomic mass is 16.2. The summed E-state index contributed by atoms with van der Waals surface area (Å²) in [6, 6.07) is 7.53. The molecule has 4 heteroatoms. The number of rotatable bonds is 3. The zero-order chi connectivity index (χ0) is 13.8. The van der Waals surface area contributed by atoms with Crippen LogP contribution in [0.25, 0.3) is 0 Å². The Kier molecular flexibility index (Phi) is 4.06. The molecule has 1 N–H and O–H groups in total. The van der Waals surface area contributed by atoms with Gasteiger partial charge in [0.1, 0.15) is 12.1 Å². The van der Waals surface area contributed by atoms with Gasteiger partial charge in [0.05, 0.1) is 11.3 Å². The first-order chi connectivity index (χ1) is 9.13. The van der Waals surface area contributed by atoms with Crippen molar-refractivity contribution in [2.75, 3.05) is 18.4 Å². The molecule has 1 aromatic carbocycles. The minimum atomic E-state index is -0.299. The lowest BCUT2D eigenvalue weighted by Crippen LogP contribution is -2.39. The first kappa shape index (κ1) is 13.4. The molecule has 0 aliphatic carbocycles. The second kappa shape index (κ2) is 5.75. The van der Waals surface area contributed by atoms with E-state index in [9.17, 15) is 10.1 Å². The maximum atomic E-state index is 12.2. The van der Waals surface area contributed by atoms with E-state index in [1.165, 1.54) is 0 Å². The number of likely N-dealkylation sites (tertiary alicyclic amines) is 1. The lowest BCUT2D eigenvalue weighted by molar-refractivity contribution is -0.130. The smallest absolute Gasteiger partial charge is 0.244 e. The average molecular weight is 257 g/mol. The summed E-state index contributed by atoms with van der Waals surface area (Å²) in [7, 11) is 0. The van der Waals surface area contributed by atoms with Crippen molar-refractivity contribution in [1.82, 2.24) is 4.90 Å². The van der Waals surface area contributed by atoms with Gasteiger partial charge in [-0.3, -0.25) is 4.79 Å². The first-order valence-electron chi connectivity index (χ1n) is 6.68. The number of anilines is 1. The highest BCUT2D eigenvalue weighted by molar-refractivity contribution is 5.85. The number of nitriles is 1. The van der Waals surface area contributed by atoms with Gasteiger partial charge in [0, 0.05) is 13.1 Å². The van der Waals surface area contributed by atoms with Crippen LogP contribution in [0.4, 0.5) is 5.69 Å². The lowest BCUT2D eigenvalue weighted by atomic mass is 10.1. The standard InChI is InChI=1S/C15H19N3O/c1-11-6-5-7-14(13(11)10-16)17-12(2)15(19)18-8-3-4-9-18/h5-7,12,17H,3-4,8-9H2,1-2H3. The van der Waals surface area contributed by atoms with Gasteiger partial charge >= 0.3 is 0 Å². The molecule has 1 aliphatic rings. The van der Waals surface area contributed by atoms with E-state index in [1.807, 2.05) is 36.9 Å². The second-order valence-electron chi connectivity index (χ2n) is 5.01. The van der Waals surface area contributed by atoms with Gasteiger partial charge in [0.2, 0.25) is 5.91 Å². The molecule has 1 unspecified atom stereocenters. The zero-order valence-electron chi connectivity index (χ0n) is 11.4. The maximum absolute atomic E-state index is 12.2. The van der Waals surface area contributed by atoms with Gasteiger partial charge in [0.15, 0.2) is 0 Å². The third-order valence-corrected chi connectivity index (χ3v) is 3.54. The van der Waals surface area contributed by atoms with E-state index in [1.54, 1.807) is 0 Å². The molecule has 1 amide bonds. The number of aryl methyl sites for hydroxylation is 1. The van der Waals surface area contributed by atoms with Gasteiger partial charge in [-0.15, -0.1) is 0 Å². The Balaban J connectivity index is 2.10. The Morgan fingerprint density at radius 1 is 1.42 bits per heavy atom. The van der Waals surface area contributed by atoms with Crippen LogP contribution < -0.4 is 5.32 Å². The third kappa shape index (κ3) is 2.87. The van der Waals surface area contributed by atoms with Crippen molar-refractivity contribution in [3.63, 3.8) is 0 Å². The van der Waals surface area contributed by atoms with Gasteiger partial charge in [0.25, 0.3) is 0 Å². The summed E-state index contributed by atoms with van der Waals surface area (Å²) in [6.07, 6.45) is 2.18. The Hall–Kier alpha value is -2.02. The van der Waals surface area contributed by atoms with Crippen molar-refractivity contribution < 1.29 is 4.79 Å². The number of carbonyl (C=O) groups excluding carboxylic acids is 1. The Morgan fingerprint density at radius 2 is 2.11 bits per heavy atom. The lowest BCUT2D eigenvalue weighted by Gasteiger charge is -2.22. The number of carbonyl (C=O) groups is 1. The molecule has 1 saturated heterocycles. The molecule has 0 bridgehead atoms. The molecule has 1 atom stereocenters. The van der Waals surface area contributed by atoms with E-state index in [4.69, 9.17) is 0 Å². The van der Waals surface area contributed by atoms with Gasteiger partial charge in [-0.2, -0.15) is 5.26 Å². The highest BCUT2D eigenvalue weighted by Gasteiger charge is 2.23. The molecular formula is C15H19N3O. The van der Waals surface area contributed by atoms with Crippen LogP contribution in [0.5, 0.6) is 0 Å². The van der Waals surface area contributed by atoms with Crippen molar-refractivity contribution >= 4 is 11.6 Å². The van der Waals surface area contributed by atoms with Crippen LogP contribution in [0.3, 0.4) is 0 Å². The van der Waals surface area contributed by atoms with Crippen LogP contribution in [0, 0.1) is 18.3 Å². The van der Waals surface area contributed by atoms with E-state index in [0.29, 0.717) is 5.56 Å². The minimum Gasteiger partial charge on any atom is -0.373 e. The van der Waals surface area contributed by atoms with E-state index in [2.05, 4.69) is 11.4 Å². The normalized spacial score (nSPS) is 15.9. The molecule has 19 heavy (non-hydrogen) atoms. The number of nitrogens with zero attached hydrogens (tertiary/aromatic N) is 2. The largest absolute Gasteiger partial charge is 0.373 e. The molecule has 2 rings (SSSR count). The molecule has 0 saturated carbocycles. The van der Waals surface area contributed by atoms with Crippen molar-refractivity contribution in [3.05, 3.63) is 29.3 Å². The molecule has 1 aliphatic heterocycles. The number of amides is 1. The fourth-order valence-corrected chi connectivity index (χ4v) is 2.44. The summed E-state index contributed by atoms with van der Waals surface area (Å²) in [5.41, 5.74) is 2.28. The molecule has 4 nitrogen and oxygen atoms in total. The van der Waals surface area contributed by atoms with E-state index < -0.39 is 0 Å². The number of benzene rings is 1. The fourth-order valence-electron chi connectivity index (χ4n) is 2.44. The summed E-state index contributed by atoms with van der Waals surface area (Å²) in [4.78, 5) is 14.1. The topological polar surface area (TPSA) is 56.1 Å². The quantitative estimate of drug-likeness (QED) is 0.904. The summed E-state index contributed by atoms with van der Waals surface area (Å²) in [6.45, 7) is 5.45. The van der Waals surface area contributed by atoms with Gasteiger partial charge < -0.3 is 10.2 Å². The van der Waals surface area contributed by atoms with Crippen molar-refractivity contribution in [2.24, 2.45) is 0 Å². The molecular weight excluding hydrogens is 238 g/mol.